The van der Waals surface area contributed by atoms with Crippen molar-refractivity contribution in [1.82, 2.24) is 150 Å². The molecule has 0 saturated carbocycles. The number of aromatic nitrogens is 26. The molecule has 21 aromatic rings. The van der Waals surface area contributed by atoms with Crippen molar-refractivity contribution in [3.8, 4) is 102 Å². The van der Waals surface area contributed by atoms with E-state index in [2.05, 4.69) is 282 Å². The summed E-state index contributed by atoms with van der Waals surface area (Å²) in [6.45, 7) is 11.2. The molecular formula is C101H101N33. The van der Waals surface area contributed by atoms with Crippen molar-refractivity contribution in [2.45, 2.75) is 77.7 Å². The van der Waals surface area contributed by atoms with Crippen LogP contribution in [0.2, 0.25) is 0 Å². The second-order valence-electron chi connectivity index (χ2n) is 35.8. The molecule has 8 N–H and O–H groups in total. The van der Waals surface area contributed by atoms with Gasteiger partial charge in [-0.2, -0.15) is 20.4 Å². The number of benzene rings is 5. The van der Waals surface area contributed by atoms with Crippen molar-refractivity contribution in [3.63, 3.8) is 0 Å². The summed E-state index contributed by atoms with van der Waals surface area (Å²) < 4.78 is 1.90. The molecule has 0 fully saturated rings. The highest BCUT2D eigenvalue weighted by molar-refractivity contribution is 6.02. The molecule has 5 aromatic carbocycles. The summed E-state index contributed by atoms with van der Waals surface area (Å²) in [5.74, 6) is 3.81. The second-order valence-corrected chi connectivity index (χ2v) is 35.8. The number of para-hydroxylation sites is 2. The first-order valence-corrected chi connectivity index (χ1v) is 45.7. The summed E-state index contributed by atoms with van der Waals surface area (Å²) in [4.78, 5) is 81.9. The van der Waals surface area contributed by atoms with Crippen LogP contribution in [0.25, 0.3) is 190 Å². The van der Waals surface area contributed by atoms with Crippen LogP contribution in [-0.4, -0.2) is 245 Å². The van der Waals surface area contributed by atoms with Crippen molar-refractivity contribution in [2.75, 3.05) is 110 Å². The zero-order valence-corrected chi connectivity index (χ0v) is 75.7. The SMILES string of the molecule is CN1CCCCN(C)c2cccc3[nH]c(nc23)-c2n[nH]c3ccc(cc23)-c2cncc(c2)C1.CN1CCCCN(C)c2cncc3[nH]c(nc23)-c2n[nH]c3ccc(cc23)-c2cncc(c2)C1.CN1CCCCN(C)c2nccc3[nH]c(nc23)-c2n[nH]c3ccc(cc23)-c2cncc(c2)C1.CN1CCCn2cc(nn2)-c2cccc3[nH]c(nc23)-c2n[nH]c3ccc(nc23)-c2cncc(c2)C1. The van der Waals surface area contributed by atoms with E-state index in [9.17, 15) is 0 Å². The van der Waals surface area contributed by atoms with Crippen LogP contribution in [0.15, 0.2) is 208 Å². The van der Waals surface area contributed by atoms with Crippen LogP contribution in [0.1, 0.15) is 67.2 Å². The van der Waals surface area contributed by atoms with Crippen LogP contribution in [0.5, 0.6) is 0 Å². The standard InChI is InChI=1S/C26H27N7.C25H22N10.2C25H26N8/c1-32-10-3-4-11-33(2)23-7-5-6-22-25(23)29-26(28-22)24-20-13-18(8-9-21(20)30-31-24)19-12-17(16-32)14-27-15-19;1-34-8-3-9-35-14-21(31-33-35)17-4-2-5-19-22(17)29-25(28-19)24-23-20(30-32-24)7-6-18(27-23)16-10-15(13-34)11-26-12-16;1-32-9-3-4-10-33(2)25-23-21(7-8-27-25)28-24(29-23)22-19-12-17(5-6-20(19)30-31-22)18-11-16(15-32)13-26-14-18;1-32-7-3-4-8-33(2)22-14-27-13-21-24(22)29-25(28-21)23-19-10-17(5-6-20(19)30-31-23)18-9-16(15-32)11-26-12-18/h5-9,12-15H,3-4,10-11,16H2,1-2H3,(H,28,29)(H,30,31);2,4-7,10-12,14H,3,8-9,13H2,1H3,(H,28,29)(H,30,32);5-8,11-14H,3-4,9-10,15H2,1-2H3,(H,28,29)(H,30,31);5-6,9-14H,3-4,7-8,15H2,1-2H3,(H,28,29)(H,30,31). The lowest BCUT2D eigenvalue weighted by atomic mass is 10.0. The summed E-state index contributed by atoms with van der Waals surface area (Å²) >= 11 is 0. The molecule has 0 amide bonds. The number of anilines is 3. The predicted molar refractivity (Wildman–Crippen MR) is 528 cm³/mol. The number of aryl methyl sites for hydroxylation is 1. The van der Waals surface area contributed by atoms with Crippen LogP contribution >= 0.6 is 0 Å². The molecule has 134 heavy (non-hydrogen) atoms. The third-order valence-corrected chi connectivity index (χ3v) is 25.8. The lowest BCUT2D eigenvalue weighted by molar-refractivity contribution is 0.310. The molecular weight excluding hydrogens is 1680 g/mol. The second kappa shape index (κ2) is 36.2. The third-order valence-electron chi connectivity index (χ3n) is 25.8. The van der Waals surface area contributed by atoms with E-state index in [4.69, 9.17) is 24.9 Å². The lowest BCUT2D eigenvalue weighted by Gasteiger charge is -2.21. The molecule has 20 heterocycles. The van der Waals surface area contributed by atoms with Crippen molar-refractivity contribution in [1.29, 1.82) is 0 Å². The number of nitrogens with zero attached hydrogens (tertiary/aromatic N) is 25. The van der Waals surface area contributed by atoms with E-state index < -0.39 is 0 Å². The van der Waals surface area contributed by atoms with Gasteiger partial charge >= 0.3 is 0 Å². The van der Waals surface area contributed by atoms with E-state index in [-0.39, 0.29) is 0 Å². The summed E-state index contributed by atoms with van der Waals surface area (Å²) in [6.07, 6.45) is 30.7. The maximum Gasteiger partial charge on any atom is 0.161 e. The molecule has 0 radical (unpaired) electrons. The Labute approximate surface area is 770 Å². The van der Waals surface area contributed by atoms with Crippen LogP contribution < -0.4 is 14.7 Å². The summed E-state index contributed by atoms with van der Waals surface area (Å²) in [5.41, 5.74) is 32.3. The van der Waals surface area contributed by atoms with E-state index >= 15 is 0 Å². The van der Waals surface area contributed by atoms with E-state index in [1.165, 1.54) is 16.7 Å². The van der Waals surface area contributed by atoms with E-state index in [0.29, 0.717) is 11.5 Å². The predicted octanol–water partition coefficient (Wildman–Crippen LogP) is 16.9. The Morgan fingerprint density at radius 1 is 0.291 bits per heavy atom. The Hall–Kier alpha value is -15.7. The van der Waals surface area contributed by atoms with Gasteiger partial charge in [-0.05, 0) is 235 Å². The molecule has 0 atom stereocenters. The van der Waals surface area contributed by atoms with Gasteiger partial charge in [0.05, 0.1) is 85.3 Å². The molecule has 26 bridgehead atoms. The van der Waals surface area contributed by atoms with Gasteiger partial charge in [-0.3, -0.25) is 50.0 Å². The lowest BCUT2D eigenvalue weighted by Crippen LogP contribution is -2.23. The molecule has 4 aliphatic rings. The van der Waals surface area contributed by atoms with Gasteiger partial charge in [-0.15, -0.1) is 5.10 Å². The Morgan fingerprint density at radius 2 is 0.716 bits per heavy atom. The number of rotatable bonds is 0. The molecule has 0 unspecified atom stereocenters. The highest BCUT2D eigenvalue weighted by Crippen LogP contribution is 2.40. The van der Waals surface area contributed by atoms with Gasteiger partial charge in [0, 0.05) is 173 Å². The Balaban J connectivity index is 0.000000104. The van der Waals surface area contributed by atoms with Crippen LogP contribution in [0.3, 0.4) is 0 Å². The zero-order chi connectivity index (χ0) is 90.4. The highest BCUT2D eigenvalue weighted by Gasteiger charge is 2.26. The van der Waals surface area contributed by atoms with Crippen LogP contribution in [0.4, 0.5) is 17.2 Å². The largest absolute Gasteiger partial charge is 0.373 e. The van der Waals surface area contributed by atoms with Crippen molar-refractivity contribution in [2.24, 2.45) is 0 Å². The smallest absolute Gasteiger partial charge is 0.161 e. The van der Waals surface area contributed by atoms with Gasteiger partial charge in [-0.1, -0.05) is 41.6 Å². The number of H-pyrrole nitrogens is 8. The van der Waals surface area contributed by atoms with Gasteiger partial charge in [-0.25, -0.2) is 29.9 Å². The Bertz CT molecular complexity index is 7340. The monoisotopic (exact) mass is 1780 g/mol. The summed E-state index contributed by atoms with van der Waals surface area (Å²) in [6, 6.07) is 46.3. The molecule has 33 heteroatoms. The molecule has 16 aromatic heterocycles. The average molecular weight is 1780 g/mol. The number of imidazole rings is 4. The number of nitrogens with one attached hydrogen (secondary N) is 8. The number of hydrogen-bond acceptors (Lipinski definition) is 24. The number of fused-ring (bicyclic) bond motifs is 27. The fraction of sp³-hybridized carbons (Fsp3) is 0.257. The van der Waals surface area contributed by atoms with Crippen LogP contribution in [-0.2, 0) is 32.7 Å². The van der Waals surface area contributed by atoms with Crippen molar-refractivity contribution >= 4 is 105 Å². The minimum atomic E-state index is 0.655. The number of hydrogen-bond donors (Lipinski definition) is 8. The van der Waals surface area contributed by atoms with Gasteiger partial charge in [0.1, 0.15) is 44.8 Å². The van der Waals surface area contributed by atoms with Crippen LogP contribution in [0, 0.1) is 0 Å². The fourth-order valence-corrected chi connectivity index (χ4v) is 18.8. The van der Waals surface area contributed by atoms with E-state index in [0.717, 1.165) is 325 Å². The zero-order valence-electron chi connectivity index (χ0n) is 75.7. The molecule has 4 aliphatic heterocycles. The van der Waals surface area contributed by atoms with Crippen molar-refractivity contribution in [3.05, 3.63) is 230 Å². The fourth-order valence-electron chi connectivity index (χ4n) is 18.8. The minimum absolute atomic E-state index is 0.655. The van der Waals surface area contributed by atoms with Gasteiger partial charge < -0.3 is 54.2 Å². The minimum Gasteiger partial charge on any atom is -0.373 e. The molecule has 0 spiro atoms. The normalized spacial score (nSPS) is 15.1. The van der Waals surface area contributed by atoms with Crippen molar-refractivity contribution < 1.29 is 0 Å². The summed E-state index contributed by atoms with van der Waals surface area (Å²) in [7, 11) is 15.0. The first-order chi connectivity index (χ1) is 65.7. The number of aromatic amines is 8. The quantitative estimate of drug-likeness (QED) is 0.0699. The Morgan fingerprint density at radius 3 is 1.28 bits per heavy atom. The molecule has 25 rings (SSSR count). The first-order valence-electron chi connectivity index (χ1n) is 45.7. The van der Waals surface area contributed by atoms with Gasteiger partial charge in [0.15, 0.2) is 34.8 Å². The first kappa shape index (κ1) is 83.9. The number of pyridine rings is 7. The molecule has 0 aliphatic carbocycles. The maximum absolute atomic E-state index is 4.99. The average Bonchev–Trinajstić information content (AvgIpc) is 1.62. The van der Waals surface area contributed by atoms with Gasteiger partial charge in [0.25, 0.3) is 0 Å². The molecule has 33 nitrogen and oxygen atoms in total. The van der Waals surface area contributed by atoms with E-state index in [1.54, 1.807) is 0 Å². The third kappa shape index (κ3) is 17.1. The molecule has 670 valence electrons. The topological polar surface area (TPSA) is 373 Å². The van der Waals surface area contributed by atoms with E-state index in [1.807, 2.05) is 115 Å². The van der Waals surface area contributed by atoms with Gasteiger partial charge in [0.2, 0.25) is 0 Å². The highest BCUT2D eigenvalue weighted by atomic mass is 15.4. The molecule has 0 saturated heterocycles. The summed E-state index contributed by atoms with van der Waals surface area (Å²) in [5, 5.41) is 42.8. The Kier molecular flexibility index (Phi) is 22.7. The maximum atomic E-state index is 4.99.